The van der Waals surface area contributed by atoms with Crippen molar-refractivity contribution < 1.29 is 15.3 Å². The lowest BCUT2D eigenvalue weighted by molar-refractivity contribution is -0.0149. The van der Waals surface area contributed by atoms with Gasteiger partial charge in [0.2, 0.25) is 0 Å². The number of hydrogen-bond donors (Lipinski definition) is 4. The fraction of sp³-hybridized carbons (Fsp3) is 0.538. The van der Waals surface area contributed by atoms with Crippen molar-refractivity contribution in [3.63, 3.8) is 0 Å². The quantitative estimate of drug-likeness (QED) is 0.592. The van der Waals surface area contributed by atoms with Gasteiger partial charge in [0, 0.05) is 11.3 Å². The predicted molar refractivity (Wildman–Crippen MR) is 67.6 cm³/mol. The van der Waals surface area contributed by atoms with E-state index in [9.17, 15) is 10.2 Å². The van der Waals surface area contributed by atoms with E-state index in [2.05, 4.69) is 20.8 Å². The monoisotopic (exact) mass is 239 g/mol. The molecular formula is C13H21NO3. The van der Waals surface area contributed by atoms with Gasteiger partial charge in [0.25, 0.3) is 0 Å². The van der Waals surface area contributed by atoms with Gasteiger partial charge in [-0.25, -0.2) is 0 Å². The number of anilines is 1. The number of aliphatic hydroxyl groups excluding tert-OH is 3. The first-order valence-electron chi connectivity index (χ1n) is 5.64. The summed E-state index contributed by atoms with van der Waals surface area (Å²) in [7, 11) is 0. The molecule has 4 nitrogen and oxygen atoms in total. The molecule has 96 valence electrons. The van der Waals surface area contributed by atoms with Crippen molar-refractivity contribution in [2.75, 3.05) is 12.3 Å². The van der Waals surface area contributed by atoms with Gasteiger partial charge in [-0.05, 0) is 17.0 Å². The van der Waals surface area contributed by atoms with Crippen molar-refractivity contribution in [3.05, 3.63) is 29.3 Å². The molecule has 0 aliphatic rings. The van der Waals surface area contributed by atoms with Crippen LogP contribution in [-0.2, 0) is 5.41 Å². The van der Waals surface area contributed by atoms with E-state index in [1.165, 1.54) is 0 Å². The van der Waals surface area contributed by atoms with Gasteiger partial charge in [-0.2, -0.15) is 0 Å². The minimum Gasteiger partial charge on any atom is -0.398 e. The maximum Gasteiger partial charge on any atom is 0.109 e. The molecule has 2 unspecified atom stereocenters. The van der Waals surface area contributed by atoms with E-state index in [1.807, 2.05) is 6.07 Å². The maximum absolute atomic E-state index is 9.87. The number of aliphatic hydroxyl groups is 3. The molecule has 0 aromatic heterocycles. The normalized spacial score (nSPS) is 15.6. The zero-order valence-electron chi connectivity index (χ0n) is 10.5. The first-order chi connectivity index (χ1) is 7.77. The molecule has 0 radical (unpaired) electrons. The molecule has 5 N–H and O–H groups in total. The molecule has 0 fully saturated rings. The molecule has 0 aliphatic heterocycles. The van der Waals surface area contributed by atoms with Gasteiger partial charge in [0.15, 0.2) is 0 Å². The molecule has 0 bridgehead atoms. The smallest absolute Gasteiger partial charge is 0.109 e. The lowest BCUT2D eigenvalue weighted by atomic mass is 9.85. The van der Waals surface area contributed by atoms with Crippen LogP contribution in [0.4, 0.5) is 5.69 Å². The highest BCUT2D eigenvalue weighted by atomic mass is 16.4. The number of nitrogen functional groups attached to an aromatic ring is 1. The van der Waals surface area contributed by atoms with E-state index in [-0.39, 0.29) is 5.41 Å². The summed E-state index contributed by atoms with van der Waals surface area (Å²) in [5, 5.41) is 28.1. The Morgan fingerprint density at radius 3 is 2.29 bits per heavy atom. The van der Waals surface area contributed by atoms with Crippen LogP contribution in [0.15, 0.2) is 18.2 Å². The number of rotatable bonds is 3. The molecule has 1 rings (SSSR count). The average Bonchev–Trinajstić information content (AvgIpc) is 2.26. The minimum absolute atomic E-state index is 0.0632. The molecule has 1 aromatic rings. The third-order valence-electron chi connectivity index (χ3n) is 2.82. The fourth-order valence-corrected chi connectivity index (χ4v) is 1.60. The van der Waals surface area contributed by atoms with Crippen LogP contribution in [-0.4, -0.2) is 28.0 Å². The fourth-order valence-electron chi connectivity index (χ4n) is 1.60. The molecule has 0 amide bonds. The molecule has 0 heterocycles. The summed E-state index contributed by atoms with van der Waals surface area (Å²) >= 11 is 0. The van der Waals surface area contributed by atoms with Gasteiger partial charge >= 0.3 is 0 Å². The van der Waals surface area contributed by atoms with E-state index in [4.69, 9.17) is 10.8 Å². The van der Waals surface area contributed by atoms with Gasteiger partial charge < -0.3 is 21.1 Å². The van der Waals surface area contributed by atoms with Crippen LogP contribution in [0.3, 0.4) is 0 Å². The van der Waals surface area contributed by atoms with E-state index < -0.39 is 18.8 Å². The summed E-state index contributed by atoms with van der Waals surface area (Å²) in [6.07, 6.45) is -2.38. The SMILES string of the molecule is CC(C)(C)c1ccc(N)c(C(O)C(O)CO)c1. The largest absolute Gasteiger partial charge is 0.398 e. The third-order valence-corrected chi connectivity index (χ3v) is 2.82. The van der Waals surface area contributed by atoms with Crippen LogP contribution in [0.2, 0.25) is 0 Å². The lowest BCUT2D eigenvalue weighted by Gasteiger charge is -2.23. The Morgan fingerprint density at radius 1 is 1.24 bits per heavy atom. The predicted octanol–water partition coefficient (Wildman–Crippen LogP) is 0.953. The second-order valence-electron chi connectivity index (χ2n) is 5.29. The second kappa shape index (κ2) is 5.04. The Balaban J connectivity index is 3.15. The van der Waals surface area contributed by atoms with E-state index in [1.54, 1.807) is 12.1 Å². The van der Waals surface area contributed by atoms with Crippen molar-refractivity contribution in [2.45, 2.75) is 38.4 Å². The highest BCUT2D eigenvalue weighted by Crippen LogP contribution is 2.30. The molecule has 0 aliphatic carbocycles. The van der Waals surface area contributed by atoms with Crippen LogP contribution in [0.25, 0.3) is 0 Å². The molecule has 2 atom stereocenters. The van der Waals surface area contributed by atoms with Crippen molar-refractivity contribution in [1.82, 2.24) is 0 Å². The third kappa shape index (κ3) is 3.19. The molecule has 0 spiro atoms. The summed E-state index contributed by atoms with van der Waals surface area (Å²) in [6, 6.07) is 5.39. The zero-order chi connectivity index (χ0) is 13.2. The second-order valence-corrected chi connectivity index (χ2v) is 5.29. The lowest BCUT2D eigenvalue weighted by Crippen LogP contribution is -2.23. The Kier molecular flexibility index (Phi) is 4.14. The summed E-state index contributed by atoms with van der Waals surface area (Å²) < 4.78 is 0. The summed E-state index contributed by atoms with van der Waals surface area (Å²) in [5.74, 6) is 0. The van der Waals surface area contributed by atoms with Gasteiger partial charge in [-0.15, -0.1) is 0 Å². The van der Waals surface area contributed by atoms with Crippen LogP contribution in [0.1, 0.15) is 38.0 Å². The summed E-state index contributed by atoms with van der Waals surface area (Å²) in [4.78, 5) is 0. The van der Waals surface area contributed by atoms with Gasteiger partial charge in [-0.3, -0.25) is 0 Å². The van der Waals surface area contributed by atoms with Crippen molar-refractivity contribution in [2.24, 2.45) is 0 Å². The van der Waals surface area contributed by atoms with E-state index in [0.29, 0.717) is 11.3 Å². The Labute approximate surface area is 102 Å². The molecule has 4 heteroatoms. The first kappa shape index (κ1) is 14.0. The van der Waals surface area contributed by atoms with Crippen molar-refractivity contribution >= 4 is 5.69 Å². The van der Waals surface area contributed by atoms with Crippen LogP contribution in [0, 0.1) is 0 Å². The molecule has 0 saturated carbocycles. The zero-order valence-corrected chi connectivity index (χ0v) is 10.5. The first-order valence-corrected chi connectivity index (χ1v) is 5.64. The molecule has 17 heavy (non-hydrogen) atoms. The Morgan fingerprint density at radius 2 is 1.82 bits per heavy atom. The molecular weight excluding hydrogens is 218 g/mol. The average molecular weight is 239 g/mol. The van der Waals surface area contributed by atoms with Crippen molar-refractivity contribution in [3.8, 4) is 0 Å². The maximum atomic E-state index is 9.87. The van der Waals surface area contributed by atoms with Gasteiger partial charge in [0.05, 0.1) is 6.61 Å². The van der Waals surface area contributed by atoms with Crippen LogP contribution >= 0.6 is 0 Å². The highest BCUT2D eigenvalue weighted by molar-refractivity contribution is 5.51. The summed E-state index contributed by atoms with van der Waals surface area (Å²) in [6.45, 7) is 5.66. The van der Waals surface area contributed by atoms with Crippen LogP contribution in [0.5, 0.6) is 0 Å². The topological polar surface area (TPSA) is 86.7 Å². The van der Waals surface area contributed by atoms with E-state index in [0.717, 1.165) is 5.56 Å². The Hall–Kier alpha value is -1.10. The Bertz CT molecular complexity index is 385. The minimum atomic E-state index is -1.22. The van der Waals surface area contributed by atoms with E-state index >= 15 is 0 Å². The highest BCUT2D eigenvalue weighted by Gasteiger charge is 2.22. The van der Waals surface area contributed by atoms with Crippen LogP contribution < -0.4 is 5.73 Å². The number of benzene rings is 1. The number of hydrogen-bond acceptors (Lipinski definition) is 4. The summed E-state index contributed by atoms with van der Waals surface area (Å²) in [5.41, 5.74) is 7.60. The molecule has 0 saturated heterocycles. The van der Waals surface area contributed by atoms with Crippen molar-refractivity contribution in [1.29, 1.82) is 0 Å². The standard InChI is InChI=1S/C13H21NO3/c1-13(2,3)8-4-5-10(14)9(6-8)12(17)11(16)7-15/h4-6,11-12,15-17H,7,14H2,1-3H3. The molecule has 1 aromatic carbocycles. The van der Waals surface area contributed by atoms with Gasteiger partial charge in [-0.1, -0.05) is 32.9 Å². The van der Waals surface area contributed by atoms with Gasteiger partial charge in [0.1, 0.15) is 12.2 Å². The number of nitrogens with two attached hydrogens (primary N) is 1.